The summed E-state index contributed by atoms with van der Waals surface area (Å²) in [7, 11) is 0. The number of hydrogen-bond donors (Lipinski definition) is 3. The van der Waals surface area contributed by atoms with Crippen molar-refractivity contribution in [3.8, 4) is 12.1 Å². The molecule has 1 amide bonds. The summed E-state index contributed by atoms with van der Waals surface area (Å²) in [6.07, 6.45) is 10.6. The SMILES string of the molecule is N#Cc1cnc(C(=O)Nc2ccc(C(C#N)C3CCC(O)CC3)cc2C2=CCCCC2)[nH]1. The van der Waals surface area contributed by atoms with Gasteiger partial charge in [-0.3, -0.25) is 4.79 Å². The van der Waals surface area contributed by atoms with Crippen LogP contribution in [0, 0.1) is 28.6 Å². The highest BCUT2D eigenvalue weighted by molar-refractivity contribution is 6.03. The van der Waals surface area contributed by atoms with E-state index >= 15 is 0 Å². The fourth-order valence-corrected chi connectivity index (χ4v) is 4.77. The summed E-state index contributed by atoms with van der Waals surface area (Å²) in [6.45, 7) is 0. The lowest BCUT2D eigenvalue weighted by atomic mass is 9.76. The van der Waals surface area contributed by atoms with Crippen LogP contribution in [0.15, 0.2) is 30.5 Å². The van der Waals surface area contributed by atoms with E-state index in [-0.39, 0.29) is 29.5 Å². The molecule has 0 spiro atoms. The Balaban J connectivity index is 1.64. The molecule has 7 nitrogen and oxygen atoms in total. The van der Waals surface area contributed by atoms with Crippen LogP contribution in [0.25, 0.3) is 5.57 Å². The molecule has 1 aromatic heterocycles. The second-order valence-electron chi connectivity index (χ2n) is 8.67. The lowest BCUT2D eigenvalue weighted by molar-refractivity contribution is 0.101. The Morgan fingerprint density at radius 1 is 1.22 bits per heavy atom. The summed E-state index contributed by atoms with van der Waals surface area (Å²) in [5.41, 5.74) is 3.99. The van der Waals surface area contributed by atoms with Crippen molar-refractivity contribution >= 4 is 17.2 Å². The summed E-state index contributed by atoms with van der Waals surface area (Å²) >= 11 is 0. The number of H-pyrrole nitrogens is 1. The zero-order chi connectivity index (χ0) is 22.5. The number of rotatable bonds is 5. The topological polar surface area (TPSA) is 126 Å². The number of aromatic nitrogens is 2. The van der Waals surface area contributed by atoms with Crippen molar-refractivity contribution in [3.05, 3.63) is 53.1 Å². The van der Waals surface area contributed by atoms with Gasteiger partial charge in [0.2, 0.25) is 0 Å². The van der Waals surface area contributed by atoms with Gasteiger partial charge in [-0.1, -0.05) is 12.1 Å². The Hall–Kier alpha value is -3.42. The van der Waals surface area contributed by atoms with Gasteiger partial charge in [0.25, 0.3) is 5.91 Å². The number of nitriles is 2. The van der Waals surface area contributed by atoms with Crippen LogP contribution < -0.4 is 5.32 Å². The van der Waals surface area contributed by atoms with Crippen LogP contribution in [0.1, 0.15) is 84.7 Å². The zero-order valence-corrected chi connectivity index (χ0v) is 18.0. The first-order valence-corrected chi connectivity index (χ1v) is 11.3. The van der Waals surface area contributed by atoms with Crippen molar-refractivity contribution in [1.82, 2.24) is 9.97 Å². The average molecular weight is 430 g/mol. The highest BCUT2D eigenvalue weighted by Crippen LogP contribution is 2.39. The minimum Gasteiger partial charge on any atom is -0.393 e. The fourth-order valence-electron chi connectivity index (χ4n) is 4.77. The lowest BCUT2D eigenvalue weighted by Crippen LogP contribution is -2.22. The smallest absolute Gasteiger partial charge is 0.291 e. The maximum Gasteiger partial charge on any atom is 0.291 e. The molecule has 4 rings (SSSR count). The van der Waals surface area contributed by atoms with Crippen LogP contribution in [-0.2, 0) is 0 Å². The third-order valence-electron chi connectivity index (χ3n) is 6.55. The van der Waals surface area contributed by atoms with Gasteiger partial charge in [-0.2, -0.15) is 10.5 Å². The molecule has 0 radical (unpaired) electrons. The molecule has 1 atom stereocenters. The van der Waals surface area contributed by atoms with Crippen molar-refractivity contribution in [3.63, 3.8) is 0 Å². The van der Waals surface area contributed by atoms with E-state index in [9.17, 15) is 15.2 Å². The molecule has 1 unspecified atom stereocenters. The molecule has 32 heavy (non-hydrogen) atoms. The van der Waals surface area contributed by atoms with E-state index in [4.69, 9.17) is 5.26 Å². The highest BCUT2D eigenvalue weighted by Gasteiger charge is 2.29. The summed E-state index contributed by atoms with van der Waals surface area (Å²) < 4.78 is 0. The predicted molar refractivity (Wildman–Crippen MR) is 120 cm³/mol. The van der Waals surface area contributed by atoms with Gasteiger partial charge in [0, 0.05) is 11.3 Å². The van der Waals surface area contributed by atoms with E-state index in [0.29, 0.717) is 5.69 Å². The van der Waals surface area contributed by atoms with Gasteiger partial charge in [0.1, 0.15) is 11.8 Å². The number of aliphatic hydroxyl groups is 1. The van der Waals surface area contributed by atoms with Crippen molar-refractivity contribution in [1.29, 1.82) is 10.5 Å². The number of imidazole rings is 1. The Morgan fingerprint density at radius 3 is 2.69 bits per heavy atom. The van der Waals surface area contributed by atoms with Gasteiger partial charge in [-0.25, -0.2) is 4.98 Å². The number of benzene rings is 1. The Morgan fingerprint density at radius 2 is 2.03 bits per heavy atom. The Bertz CT molecular complexity index is 1100. The second-order valence-corrected chi connectivity index (χ2v) is 8.67. The van der Waals surface area contributed by atoms with E-state index in [2.05, 4.69) is 33.5 Å². The molecule has 0 aliphatic heterocycles. The first kappa shape index (κ1) is 21.8. The minimum atomic E-state index is -0.407. The number of amides is 1. The number of aromatic amines is 1. The summed E-state index contributed by atoms with van der Waals surface area (Å²) in [6, 6.07) is 10.3. The maximum absolute atomic E-state index is 12.7. The molecule has 1 heterocycles. The monoisotopic (exact) mass is 429 g/mol. The molecule has 1 fully saturated rings. The van der Waals surface area contributed by atoms with Crippen LogP contribution >= 0.6 is 0 Å². The van der Waals surface area contributed by atoms with Gasteiger partial charge in [-0.15, -0.1) is 0 Å². The zero-order valence-electron chi connectivity index (χ0n) is 18.0. The average Bonchev–Trinajstić information content (AvgIpc) is 3.32. The molecule has 7 heteroatoms. The van der Waals surface area contributed by atoms with Crippen molar-refractivity contribution < 1.29 is 9.90 Å². The van der Waals surface area contributed by atoms with Gasteiger partial charge in [0.05, 0.1) is 24.3 Å². The molecular weight excluding hydrogens is 402 g/mol. The number of aliphatic hydroxyl groups excluding tert-OH is 1. The lowest BCUT2D eigenvalue weighted by Gasteiger charge is -2.29. The summed E-state index contributed by atoms with van der Waals surface area (Å²) in [5, 5.41) is 31.7. The van der Waals surface area contributed by atoms with Crippen molar-refractivity contribution in [2.24, 2.45) is 5.92 Å². The fraction of sp³-hybridized carbons (Fsp3) is 0.440. The number of nitrogens with one attached hydrogen (secondary N) is 2. The number of nitrogens with zero attached hydrogens (tertiary/aromatic N) is 3. The van der Waals surface area contributed by atoms with E-state index < -0.39 is 5.91 Å². The highest BCUT2D eigenvalue weighted by atomic mass is 16.3. The van der Waals surface area contributed by atoms with Crippen LogP contribution in [-0.4, -0.2) is 27.1 Å². The number of carbonyl (C=O) groups is 1. The van der Waals surface area contributed by atoms with Crippen LogP contribution in [0.3, 0.4) is 0 Å². The minimum absolute atomic E-state index is 0.0878. The first-order chi connectivity index (χ1) is 15.6. The van der Waals surface area contributed by atoms with Crippen LogP contribution in [0.5, 0.6) is 0 Å². The summed E-state index contributed by atoms with van der Waals surface area (Å²) in [4.78, 5) is 19.4. The molecule has 1 aromatic carbocycles. The standard InChI is InChI=1S/C25H27N5O2/c26-13-19-15-28-24(29-19)25(32)30-23-11-8-18(12-21(23)16-4-2-1-3-5-16)22(14-27)17-6-9-20(31)10-7-17/h4,8,11-12,15,17,20,22,31H,1-3,5-7,9-10H2,(H,28,29)(H,30,32). The van der Waals surface area contributed by atoms with E-state index in [1.165, 1.54) is 11.8 Å². The molecule has 0 saturated heterocycles. The Kier molecular flexibility index (Phi) is 6.68. The van der Waals surface area contributed by atoms with Crippen LogP contribution in [0.4, 0.5) is 5.69 Å². The number of anilines is 1. The molecule has 164 valence electrons. The predicted octanol–water partition coefficient (Wildman–Crippen LogP) is 4.65. The largest absolute Gasteiger partial charge is 0.393 e. The van der Waals surface area contributed by atoms with Gasteiger partial charge in [-0.05, 0) is 80.6 Å². The third-order valence-corrected chi connectivity index (χ3v) is 6.55. The van der Waals surface area contributed by atoms with Gasteiger partial charge in [0.15, 0.2) is 5.82 Å². The molecule has 3 N–H and O–H groups in total. The quantitative estimate of drug-likeness (QED) is 0.638. The molecule has 2 aromatic rings. The molecular formula is C25H27N5O2. The van der Waals surface area contributed by atoms with Crippen LogP contribution in [0.2, 0.25) is 0 Å². The molecule has 1 saturated carbocycles. The molecule has 2 aliphatic carbocycles. The van der Waals surface area contributed by atoms with Gasteiger partial charge >= 0.3 is 0 Å². The number of allylic oxidation sites excluding steroid dienone is 2. The number of hydrogen-bond acceptors (Lipinski definition) is 5. The second kappa shape index (κ2) is 9.80. The third kappa shape index (κ3) is 4.74. The molecule has 2 aliphatic rings. The van der Waals surface area contributed by atoms with Crippen molar-refractivity contribution in [2.45, 2.75) is 63.4 Å². The maximum atomic E-state index is 12.7. The van der Waals surface area contributed by atoms with Gasteiger partial charge < -0.3 is 15.4 Å². The van der Waals surface area contributed by atoms with E-state index in [1.807, 2.05) is 18.2 Å². The Labute approximate surface area is 187 Å². The first-order valence-electron chi connectivity index (χ1n) is 11.3. The van der Waals surface area contributed by atoms with Crippen molar-refractivity contribution in [2.75, 3.05) is 5.32 Å². The summed E-state index contributed by atoms with van der Waals surface area (Å²) in [5.74, 6) is -0.331. The van der Waals surface area contributed by atoms with E-state index in [1.54, 1.807) is 0 Å². The van der Waals surface area contributed by atoms with E-state index in [0.717, 1.165) is 62.5 Å². The normalized spacial score (nSPS) is 21.7. The molecule has 0 bridgehead atoms. The number of carbonyl (C=O) groups excluding carboxylic acids is 1.